The molecule has 2 heteroatoms. The van der Waals surface area contributed by atoms with Crippen LogP contribution in [0.1, 0.15) is 29.5 Å². The molecule has 1 aliphatic rings. The van der Waals surface area contributed by atoms with Gasteiger partial charge in [0.2, 0.25) is 0 Å². The van der Waals surface area contributed by atoms with Crippen LogP contribution in [-0.2, 0) is 6.42 Å². The van der Waals surface area contributed by atoms with E-state index in [2.05, 4.69) is 18.3 Å². The van der Waals surface area contributed by atoms with Gasteiger partial charge in [-0.2, -0.15) is 0 Å². The highest BCUT2D eigenvalue weighted by Crippen LogP contribution is 2.24. The molecule has 0 spiro atoms. The maximum atomic E-state index is 9.57. The summed E-state index contributed by atoms with van der Waals surface area (Å²) in [5.41, 5.74) is 3.62. The van der Waals surface area contributed by atoms with Crippen LogP contribution < -0.4 is 5.32 Å². The van der Waals surface area contributed by atoms with E-state index in [0.717, 1.165) is 18.5 Å². The van der Waals surface area contributed by atoms with Crippen molar-refractivity contribution in [1.29, 1.82) is 0 Å². The van der Waals surface area contributed by atoms with Gasteiger partial charge in [-0.15, -0.1) is 0 Å². The molecule has 1 atom stereocenters. The van der Waals surface area contributed by atoms with Gasteiger partial charge in [0.1, 0.15) is 5.75 Å². The fourth-order valence-electron chi connectivity index (χ4n) is 2.28. The summed E-state index contributed by atoms with van der Waals surface area (Å²) in [7, 11) is 0. The summed E-state index contributed by atoms with van der Waals surface area (Å²) in [5, 5.41) is 13.1. The molecule has 1 aromatic carbocycles. The Kier molecular flexibility index (Phi) is 2.96. The van der Waals surface area contributed by atoms with Crippen LogP contribution >= 0.6 is 0 Å². The molecule has 2 N–H and O–H groups in total. The average molecular weight is 205 g/mol. The Bertz CT molecular complexity index is 354. The van der Waals surface area contributed by atoms with E-state index >= 15 is 0 Å². The molecule has 0 aliphatic carbocycles. The number of nitrogens with one attached hydrogen (secondary N) is 1. The van der Waals surface area contributed by atoms with E-state index in [1.54, 1.807) is 0 Å². The largest absolute Gasteiger partial charge is 0.508 e. The Labute approximate surface area is 91.3 Å². The first-order chi connectivity index (χ1) is 7.18. The lowest BCUT2D eigenvalue weighted by molar-refractivity contribution is 0.470. The van der Waals surface area contributed by atoms with Gasteiger partial charge in [0.15, 0.2) is 0 Å². The lowest BCUT2D eigenvalue weighted by Gasteiger charge is -2.14. The number of hydrogen-bond acceptors (Lipinski definition) is 2. The molecule has 1 aromatic rings. The van der Waals surface area contributed by atoms with E-state index in [9.17, 15) is 5.11 Å². The van der Waals surface area contributed by atoms with Crippen LogP contribution in [0.4, 0.5) is 0 Å². The zero-order valence-corrected chi connectivity index (χ0v) is 9.51. The predicted molar refractivity (Wildman–Crippen MR) is 62.3 cm³/mol. The van der Waals surface area contributed by atoms with E-state index in [-0.39, 0.29) is 0 Å². The predicted octanol–water partition coefficient (Wildman–Crippen LogP) is 2.30. The van der Waals surface area contributed by atoms with Crippen molar-refractivity contribution < 1.29 is 5.11 Å². The van der Waals surface area contributed by atoms with Gasteiger partial charge in [-0.1, -0.05) is 6.07 Å². The van der Waals surface area contributed by atoms with Gasteiger partial charge in [-0.3, -0.25) is 0 Å². The van der Waals surface area contributed by atoms with E-state index in [0.29, 0.717) is 11.8 Å². The summed E-state index contributed by atoms with van der Waals surface area (Å²) in [5.74, 6) is 0.413. The number of benzene rings is 1. The highest BCUT2D eigenvalue weighted by atomic mass is 16.3. The van der Waals surface area contributed by atoms with E-state index in [4.69, 9.17) is 0 Å². The SMILES string of the molecule is Cc1c(O)ccc(CC2CCCN2)c1C. The third-order valence-corrected chi connectivity index (χ3v) is 3.50. The molecule has 1 fully saturated rings. The van der Waals surface area contributed by atoms with Gasteiger partial charge in [-0.05, 0) is 62.4 Å². The van der Waals surface area contributed by atoms with Crippen molar-refractivity contribution in [3.63, 3.8) is 0 Å². The first kappa shape index (κ1) is 10.5. The van der Waals surface area contributed by atoms with Crippen LogP contribution in [0.5, 0.6) is 5.75 Å². The monoisotopic (exact) mass is 205 g/mol. The van der Waals surface area contributed by atoms with Gasteiger partial charge in [0.25, 0.3) is 0 Å². The first-order valence-corrected chi connectivity index (χ1v) is 5.70. The lowest BCUT2D eigenvalue weighted by atomic mass is 9.96. The van der Waals surface area contributed by atoms with Gasteiger partial charge in [0.05, 0.1) is 0 Å². The summed E-state index contributed by atoms with van der Waals surface area (Å²) in [6.07, 6.45) is 3.66. The van der Waals surface area contributed by atoms with Gasteiger partial charge in [0, 0.05) is 6.04 Å². The second-order valence-electron chi connectivity index (χ2n) is 4.49. The second-order valence-corrected chi connectivity index (χ2v) is 4.49. The highest BCUT2D eigenvalue weighted by molar-refractivity contribution is 5.42. The van der Waals surface area contributed by atoms with Crippen LogP contribution in [0.15, 0.2) is 12.1 Å². The molecule has 0 radical (unpaired) electrons. The molecule has 2 nitrogen and oxygen atoms in total. The summed E-state index contributed by atoms with van der Waals surface area (Å²) in [6.45, 7) is 5.23. The van der Waals surface area contributed by atoms with Crippen LogP contribution in [0.2, 0.25) is 0 Å². The molecular weight excluding hydrogens is 186 g/mol. The Balaban J connectivity index is 2.17. The lowest BCUT2D eigenvalue weighted by Crippen LogP contribution is -2.24. The standard InChI is InChI=1S/C13H19NO/c1-9-10(2)13(15)6-5-11(9)8-12-4-3-7-14-12/h5-6,12,14-15H,3-4,7-8H2,1-2H3. The Morgan fingerprint density at radius 1 is 1.33 bits per heavy atom. The zero-order valence-electron chi connectivity index (χ0n) is 9.51. The summed E-state index contributed by atoms with van der Waals surface area (Å²) in [6, 6.07) is 4.50. The van der Waals surface area contributed by atoms with Crippen molar-refractivity contribution in [2.75, 3.05) is 6.54 Å². The topological polar surface area (TPSA) is 32.3 Å². The maximum absolute atomic E-state index is 9.57. The summed E-state index contributed by atoms with van der Waals surface area (Å²) >= 11 is 0. The minimum Gasteiger partial charge on any atom is -0.508 e. The molecule has 0 aromatic heterocycles. The van der Waals surface area contributed by atoms with Crippen LogP contribution in [0, 0.1) is 13.8 Å². The Morgan fingerprint density at radius 3 is 2.80 bits per heavy atom. The van der Waals surface area contributed by atoms with Crippen LogP contribution in [0.3, 0.4) is 0 Å². The van der Waals surface area contributed by atoms with Crippen molar-refractivity contribution in [1.82, 2.24) is 5.32 Å². The number of aromatic hydroxyl groups is 1. The number of rotatable bonds is 2. The third kappa shape index (κ3) is 2.15. The summed E-state index contributed by atoms with van der Waals surface area (Å²) in [4.78, 5) is 0. The molecule has 1 aliphatic heterocycles. The highest BCUT2D eigenvalue weighted by Gasteiger charge is 2.16. The molecule has 0 amide bonds. The van der Waals surface area contributed by atoms with Crippen molar-refractivity contribution >= 4 is 0 Å². The fourth-order valence-corrected chi connectivity index (χ4v) is 2.28. The molecule has 15 heavy (non-hydrogen) atoms. The molecule has 0 saturated carbocycles. The average Bonchev–Trinajstić information content (AvgIpc) is 2.72. The third-order valence-electron chi connectivity index (χ3n) is 3.50. The van der Waals surface area contributed by atoms with Crippen LogP contribution in [-0.4, -0.2) is 17.7 Å². The Morgan fingerprint density at radius 2 is 2.13 bits per heavy atom. The van der Waals surface area contributed by atoms with Crippen molar-refractivity contribution in [2.24, 2.45) is 0 Å². The molecular formula is C13H19NO. The van der Waals surface area contributed by atoms with E-state index < -0.39 is 0 Å². The normalized spacial score (nSPS) is 20.8. The minimum absolute atomic E-state index is 0.413. The van der Waals surface area contributed by atoms with E-state index in [1.807, 2.05) is 13.0 Å². The number of hydrogen-bond donors (Lipinski definition) is 2. The van der Waals surface area contributed by atoms with Crippen molar-refractivity contribution in [3.8, 4) is 5.75 Å². The summed E-state index contributed by atoms with van der Waals surface area (Å²) < 4.78 is 0. The van der Waals surface area contributed by atoms with Crippen molar-refractivity contribution in [3.05, 3.63) is 28.8 Å². The van der Waals surface area contributed by atoms with Gasteiger partial charge >= 0.3 is 0 Å². The quantitative estimate of drug-likeness (QED) is 0.776. The molecule has 1 saturated heterocycles. The number of phenolic OH excluding ortho intramolecular Hbond substituents is 1. The van der Waals surface area contributed by atoms with Gasteiger partial charge in [-0.25, -0.2) is 0 Å². The molecule has 82 valence electrons. The van der Waals surface area contributed by atoms with E-state index in [1.165, 1.54) is 24.0 Å². The molecule has 0 bridgehead atoms. The van der Waals surface area contributed by atoms with Gasteiger partial charge < -0.3 is 10.4 Å². The van der Waals surface area contributed by atoms with Crippen molar-refractivity contribution in [2.45, 2.75) is 39.2 Å². The molecule has 2 rings (SSSR count). The molecule has 1 heterocycles. The number of phenols is 1. The van der Waals surface area contributed by atoms with Crippen LogP contribution in [0.25, 0.3) is 0 Å². The second kappa shape index (κ2) is 4.23. The fraction of sp³-hybridized carbons (Fsp3) is 0.538. The molecule has 1 unspecified atom stereocenters. The Hall–Kier alpha value is -1.02. The zero-order chi connectivity index (χ0) is 10.8. The minimum atomic E-state index is 0.413. The maximum Gasteiger partial charge on any atom is 0.118 e. The smallest absolute Gasteiger partial charge is 0.118 e. The first-order valence-electron chi connectivity index (χ1n) is 5.70.